The van der Waals surface area contributed by atoms with Gasteiger partial charge in [0.1, 0.15) is 0 Å². The lowest BCUT2D eigenvalue weighted by molar-refractivity contribution is 0.282. The molecule has 0 atom stereocenters. The molecule has 1 saturated carbocycles. The molecule has 1 fully saturated rings. The minimum absolute atomic E-state index is 0.0115. The molecule has 1 aliphatic carbocycles. The second kappa shape index (κ2) is 8.74. The Morgan fingerprint density at radius 2 is 2.10 bits per heavy atom. The van der Waals surface area contributed by atoms with Crippen LogP contribution < -0.4 is 32.1 Å². The summed E-state index contributed by atoms with van der Waals surface area (Å²) in [5, 5.41) is 16.7. The third-order valence-corrected chi connectivity index (χ3v) is 5.72. The lowest BCUT2D eigenvalue weighted by Gasteiger charge is -2.31. The van der Waals surface area contributed by atoms with Crippen molar-refractivity contribution in [2.45, 2.75) is 51.1 Å². The number of nitrogens with zero attached hydrogens (tertiary/aromatic N) is 2. The molecular formula is C21H29N7O2. The van der Waals surface area contributed by atoms with Crippen molar-refractivity contribution in [1.29, 1.82) is 5.41 Å². The van der Waals surface area contributed by atoms with Gasteiger partial charge >= 0.3 is 5.69 Å². The number of ether oxygens (including phenoxy) is 1. The summed E-state index contributed by atoms with van der Waals surface area (Å²) in [7, 11) is 0. The van der Waals surface area contributed by atoms with Crippen LogP contribution in [-0.2, 0) is 0 Å². The Balaban J connectivity index is 1.35. The van der Waals surface area contributed by atoms with Crippen LogP contribution in [0, 0.1) is 12.3 Å². The molecule has 1 aromatic carbocycles. The molecule has 0 unspecified atom stereocenters. The first-order valence-electron chi connectivity index (χ1n) is 10.5. The molecule has 0 spiro atoms. The number of nitrogens with one attached hydrogen (secondary N) is 4. The molecule has 2 aliphatic rings. The quantitative estimate of drug-likeness (QED) is 0.239. The fourth-order valence-corrected chi connectivity index (χ4v) is 4.13. The van der Waals surface area contributed by atoms with Gasteiger partial charge in [-0.15, -0.1) is 0 Å². The van der Waals surface area contributed by atoms with Crippen LogP contribution in [0.4, 0.5) is 11.5 Å². The van der Waals surface area contributed by atoms with Gasteiger partial charge in [0.15, 0.2) is 23.3 Å². The van der Waals surface area contributed by atoms with Crippen LogP contribution in [0.1, 0.15) is 43.7 Å². The maximum atomic E-state index is 12.7. The Bertz CT molecular complexity index is 980. The first kappa shape index (κ1) is 20.2. The number of aryl methyl sites for hydroxylation is 1. The van der Waals surface area contributed by atoms with Gasteiger partial charge in [-0.25, -0.2) is 4.79 Å². The zero-order valence-corrected chi connectivity index (χ0v) is 17.2. The molecule has 0 radical (unpaired) electrons. The minimum atomic E-state index is -0.243. The number of fused-ring (bicyclic) bond motifs is 2. The van der Waals surface area contributed by atoms with Crippen molar-refractivity contribution < 1.29 is 4.74 Å². The first-order valence-corrected chi connectivity index (χ1v) is 10.5. The van der Waals surface area contributed by atoms with Gasteiger partial charge in [-0.2, -0.15) is 4.98 Å². The predicted octanol–water partition coefficient (Wildman–Crippen LogP) is 2.35. The molecule has 2 heterocycles. The summed E-state index contributed by atoms with van der Waals surface area (Å²) in [5.41, 5.74) is 6.98. The SMILES string of the molecule is Cc1ccc2c(c1)Nc1nc(=O)n([C@H]3CC[C@H](NCCCNC(=N)N)CC3)cc1O2. The standard InChI is InChI=1S/C21H29N7O2/c1-13-3-8-17-16(11-13)26-19-18(30-17)12-28(21(29)27-19)15-6-4-14(5-7-15)24-9-2-10-25-20(22)23/h3,8,11-12,14-15,24H,2,4-7,9-10H2,1H3,(H4,22,23,25)(H,26,27,29)/t14-,15-. The summed E-state index contributed by atoms with van der Waals surface area (Å²) in [5.74, 6) is 1.82. The Hall–Kier alpha value is -3.07. The van der Waals surface area contributed by atoms with Crippen LogP contribution in [-0.4, -0.2) is 34.6 Å². The summed E-state index contributed by atoms with van der Waals surface area (Å²) >= 11 is 0. The Kier molecular flexibility index (Phi) is 5.89. The van der Waals surface area contributed by atoms with Crippen molar-refractivity contribution in [3.63, 3.8) is 0 Å². The van der Waals surface area contributed by atoms with Crippen LogP contribution >= 0.6 is 0 Å². The number of hydrogen-bond acceptors (Lipinski definition) is 6. The molecule has 1 aliphatic heterocycles. The normalized spacial score (nSPS) is 19.8. The van der Waals surface area contributed by atoms with E-state index >= 15 is 0 Å². The summed E-state index contributed by atoms with van der Waals surface area (Å²) in [6.45, 7) is 3.59. The largest absolute Gasteiger partial charge is 0.450 e. The van der Waals surface area contributed by atoms with Crippen LogP contribution in [0.5, 0.6) is 11.5 Å². The maximum Gasteiger partial charge on any atom is 0.350 e. The number of nitrogens with two attached hydrogens (primary N) is 1. The molecule has 0 saturated heterocycles. The molecule has 6 N–H and O–H groups in total. The zero-order valence-electron chi connectivity index (χ0n) is 17.2. The zero-order chi connectivity index (χ0) is 21.1. The van der Waals surface area contributed by atoms with Crippen LogP contribution in [0.25, 0.3) is 0 Å². The van der Waals surface area contributed by atoms with E-state index in [4.69, 9.17) is 15.9 Å². The summed E-state index contributed by atoms with van der Waals surface area (Å²) in [6, 6.07) is 6.50. The molecule has 9 nitrogen and oxygen atoms in total. The van der Waals surface area contributed by atoms with Crippen LogP contribution in [0.3, 0.4) is 0 Å². The fourth-order valence-electron chi connectivity index (χ4n) is 4.13. The van der Waals surface area contributed by atoms with Crippen molar-refractivity contribution in [3.8, 4) is 11.5 Å². The molecule has 160 valence electrons. The van der Waals surface area contributed by atoms with Gasteiger partial charge in [-0.1, -0.05) is 6.07 Å². The number of rotatable bonds is 6. The average Bonchev–Trinajstić information content (AvgIpc) is 2.72. The number of anilines is 2. The third kappa shape index (κ3) is 4.56. The van der Waals surface area contributed by atoms with E-state index in [1.54, 1.807) is 10.8 Å². The van der Waals surface area contributed by atoms with E-state index in [0.29, 0.717) is 24.2 Å². The van der Waals surface area contributed by atoms with Gasteiger partial charge in [-0.3, -0.25) is 9.98 Å². The molecule has 4 rings (SSSR count). The van der Waals surface area contributed by atoms with Crippen molar-refractivity contribution in [1.82, 2.24) is 20.2 Å². The molecule has 2 aromatic rings. The van der Waals surface area contributed by atoms with Crippen LogP contribution in [0.15, 0.2) is 29.2 Å². The molecule has 1 aromatic heterocycles. The van der Waals surface area contributed by atoms with E-state index in [1.165, 1.54) is 0 Å². The number of aromatic nitrogens is 2. The lowest BCUT2D eigenvalue weighted by atomic mass is 9.91. The smallest absolute Gasteiger partial charge is 0.350 e. The predicted molar refractivity (Wildman–Crippen MR) is 117 cm³/mol. The highest BCUT2D eigenvalue weighted by Gasteiger charge is 2.26. The minimum Gasteiger partial charge on any atom is -0.450 e. The topological polar surface area (TPSA) is 130 Å². The third-order valence-electron chi connectivity index (χ3n) is 5.72. The Labute approximate surface area is 175 Å². The highest BCUT2D eigenvalue weighted by atomic mass is 16.5. The van der Waals surface area contributed by atoms with Crippen molar-refractivity contribution in [3.05, 3.63) is 40.4 Å². The van der Waals surface area contributed by atoms with Crippen molar-refractivity contribution >= 4 is 17.5 Å². The van der Waals surface area contributed by atoms with Gasteiger partial charge in [0.2, 0.25) is 0 Å². The molecule has 30 heavy (non-hydrogen) atoms. The maximum absolute atomic E-state index is 12.7. The molecular weight excluding hydrogens is 382 g/mol. The van der Waals surface area contributed by atoms with Gasteiger partial charge in [0.25, 0.3) is 0 Å². The molecule has 0 amide bonds. The molecule has 9 heteroatoms. The molecule has 0 bridgehead atoms. The second-order valence-electron chi connectivity index (χ2n) is 8.02. The van der Waals surface area contributed by atoms with E-state index < -0.39 is 0 Å². The van der Waals surface area contributed by atoms with Crippen molar-refractivity contribution in [2.75, 3.05) is 18.4 Å². The van der Waals surface area contributed by atoms with E-state index in [2.05, 4.69) is 20.9 Å². The van der Waals surface area contributed by atoms with Gasteiger partial charge in [-0.05, 0) is 63.3 Å². The highest BCUT2D eigenvalue weighted by molar-refractivity contribution is 5.74. The Morgan fingerprint density at radius 3 is 2.87 bits per heavy atom. The number of benzene rings is 1. The fraction of sp³-hybridized carbons (Fsp3) is 0.476. The number of guanidine groups is 1. The van der Waals surface area contributed by atoms with Gasteiger partial charge < -0.3 is 26.4 Å². The number of hydrogen-bond donors (Lipinski definition) is 5. The van der Waals surface area contributed by atoms with Crippen LogP contribution in [0.2, 0.25) is 0 Å². The van der Waals surface area contributed by atoms with E-state index in [0.717, 1.165) is 55.6 Å². The summed E-state index contributed by atoms with van der Waals surface area (Å²) in [6.07, 6.45) is 6.58. The monoisotopic (exact) mass is 411 g/mol. The van der Waals surface area contributed by atoms with Gasteiger partial charge in [0, 0.05) is 18.6 Å². The van der Waals surface area contributed by atoms with Crippen molar-refractivity contribution in [2.24, 2.45) is 5.73 Å². The lowest BCUT2D eigenvalue weighted by Crippen LogP contribution is -2.38. The Morgan fingerprint density at radius 1 is 1.30 bits per heavy atom. The highest BCUT2D eigenvalue weighted by Crippen LogP contribution is 2.41. The van der Waals surface area contributed by atoms with E-state index in [9.17, 15) is 4.79 Å². The average molecular weight is 412 g/mol. The van der Waals surface area contributed by atoms with Gasteiger partial charge in [0.05, 0.1) is 11.9 Å². The first-order chi connectivity index (χ1) is 14.5. The summed E-state index contributed by atoms with van der Waals surface area (Å²) in [4.78, 5) is 16.9. The second-order valence-corrected chi connectivity index (χ2v) is 8.02. The van der Waals surface area contributed by atoms with E-state index in [-0.39, 0.29) is 17.7 Å². The van der Waals surface area contributed by atoms with E-state index in [1.807, 2.05) is 25.1 Å². The summed E-state index contributed by atoms with van der Waals surface area (Å²) < 4.78 is 7.73.